The van der Waals surface area contributed by atoms with Gasteiger partial charge in [-0.25, -0.2) is 4.79 Å². The molecule has 1 N–H and O–H groups in total. The molecule has 7 nitrogen and oxygen atoms in total. The number of barbiturate groups is 1. The molecular formula is C14H20N2O5. The maximum Gasteiger partial charge on any atom is 0.330 e. The molecule has 1 saturated carbocycles. The van der Waals surface area contributed by atoms with Crippen LogP contribution in [0.25, 0.3) is 0 Å². The van der Waals surface area contributed by atoms with Crippen LogP contribution in [0.15, 0.2) is 0 Å². The first-order chi connectivity index (χ1) is 10.0. The van der Waals surface area contributed by atoms with Crippen molar-refractivity contribution in [3.05, 3.63) is 0 Å². The molecule has 0 bridgehead atoms. The van der Waals surface area contributed by atoms with Crippen molar-refractivity contribution >= 4 is 23.8 Å². The van der Waals surface area contributed by atoms with Gasteiger partial charge in [-0.05, 0) is 12.8 Å². The number of carbonyl (C=O) groups excluding carboxylic acids is 4. The molecule has 1 spiro atoms. The van der Waals surface area contributed by atoms with Crippen LogP contribution in [0, 0.1) is 5.41 Å². The molecule has 116 valence electrons. The lowest BCUT2D eigenvalue weighted by atomic mass is 9.77. The Hall–Kier alpha value is -1.92. The molecule has 0 aromatic heterocycles. The van der Waals surface area contributed by atoms with Gasteiger partial charge in [0.25, 0.3) is 0 Å². The van der Waals surface area contributed by atoms with Crippen LogP contribution in [0.4, 0.5) is 4.79 Å². The summed E-state index contributed by atoms with van der Waals surface area (Å²) in [4.78, 5) is 48.9. The number of methoxy groups -OCH3 is 1. The molecule has 1 aliphatic heterocycles. The van der Waals surface area contributed by atoms with Crippen LogP contribution in [-0.4, -0.2) is 42.4 Å². The number of hydrogen-bond donors (Lipinski definition) is 1. The molecule has 4 amide bonds. The van der Waals surface area contributed by atoms with Crippen LogP contribution in [0.5, 0.6) is 0 Å². The van der Waals surface area contributed by atoms with Crippen molar-refractivity contribution in [3.8, 4) is 0 Å². The lowest BCUT2D eigenvalue weighted by Crippen LogP contribution is -2.64. The van der Waals surface area contributed by atoms with Gasteiger partial charge in [0.05, 0.1) is 13.5 Å². The molecule has 2 rings (SSSR count). The zero-order valence-corrected chi connectivity index (χ0v) is 12.1. The van der Waals surface area contributed by atoms with E-state index in [0.717, 1.165) is 30.6 Å². The zero-order valence-electron chi connectivity index (χ0n) is 12.1. The Bertz CT molecular complexity index is 466. The second-order valence-corrected chi connectivity index (χ2v) is 5.54. The molecule has 0 atom stereocenters. The molecule has 0 radical (unpaired) electrons. The molecule has 2 fully saturated rings. The van der Waals surface area contributed by atoms with Gasteiger partial charge in [0, 0.05) is 6.54 Å². The van der Waals surface area contributed by atoms with E-state index in [0.29, 0.717) is 12.8 Å². The normalized spacial score (nSPS) is 22.0. The van der Waals surface area contributed by atoms with Crippen LogP contribution < -0.4 is 5.32 Å². The first-order valence-electron chi connectivity index (χ1n) is 7.25. The lowest BCUT2D eigenvalue weighted by molar-refractivity contribution is -0.153. The van der Waals surface area contributed by atoms with Crippen molar-refractivity contribution in [1.29, 1.82) is 0 Å². The summed E-state index contributed by atoms with van der Waals surface area (Å²) in [7, 11) is 1.25. The predicted molar refractivity (Wildman–Crippen MR) is 72.0 cm³/mol. The molecular weight excluding hydrogens is 276 g/mol. The van der Waals surface area contributed by atoms with Crippen molar-refractivity contribution < 1.29 is 23.9 Å². The molecule has 1 saturated heterocycles. The summed E-state index contributed by atoms with van der Waals surface area (Å²) in [6, 6.07) is -0.747. The summed E-state index contributed by atoms with van der Waals surface area (Å²) in [6.45, 7) is -0.0631. The van der Waals surface area contributed by atoms with E-state index in [9.17, 15) is 19.2 Å². The van der Waals surface area contributed by atoms with E-state index in [1.165, 1.54) is 7.11 Å². The average Bonchev–Trinajstić information content (AvgIpc) is 2.72. The summed E-state index contributed by atoms with van der Waals surface area (Å²) in [5.41, 5.74) is -1.14. The summed E-state index contributed by atoms with van der Waals surface area (Å²) in [5, 5.41) is 2.26. The van der Waals surface area contributed by atoms with Gasteiger partial charge in [0.15, 0.2) is 0 Å². The van der Waals surface area contributed by atoms with Crippen molar-refractivity contribution in [3.63, 3.8) is 0 Å². The zero-order chi connectivity index (χ0) is 15.5. The first kappa shape index (κ1) is 15.5. The maximum atomic E-state index is 12.7. The molecule has 2 aliphatic rings. The largest absolute Gasteiger partial charge is 0.469 e. The van der Waals surface area contributed by atoms with E-state index in [2.05, 4.69) is 10.1 Å². The number of nitrogens with one attached hydrogen (secondary N) is 1. The summed E-state index contributed by atoms with van der Waals surface area (Å²) < 4.78 is 4.51. The van der Waals surface area contributed by atoms with Crippen molar-refractivity contribution in [2.45, 2.75) is 44.9 Å². The van der Waals surface area contributed by atoms with E-state index in [1.54, 1.807) is 0 Å². The molecule has 7 heteroatoms. The number of imide groups is 2. The Morgan fingerprint density at radius 1 is 1.19 bits per heavy atom. The van der Waals surface area contributed by atoms with Crippen LogP contribution in [0.3, 0.4) is 0 Å². The van der Waals surface area contributed by atoms with Crippen molar-refractivity contribution in [2.24, 2.45) is 5.41 Å². The summed E-state index contributed by atoms with van der Waals surface area (Å²) >= 11 is 0. The van der Waals surface area contributed by atoms with Gasteiger partial charge >= 0.3 is 12.0 Å². The van der Waals surface area contributed by atoms with E-state index in [4.69, 9.17) is 0 Å². The SMILES string of the molecule is COC(=O)CCN1C(=O)NC(=O)C2(CCCCCC2)C1=O. The van der Waals surface area contributed by atoms with Gasteiger partial charge < -0.3 is 4.74 Å². The van der Waals surface area contributed by atoms with Crippen LogP contribution in [0.1, 0.15) is 44.9 Å². The summed E-state index contributed by atoms with van der Waals surface area (Å²) in [5.74, 6) is -1.46. The number of hydrogen-bond acceptors (Lipinski definition) is 5. The minimum absolute atomic E-state index is 0.0631. The second kappa shape index (κ2) is 6.24. The van der Waals surface area contributed by atoms with E-state index in [1.807, 2.05) is 0 Å². The molecule has 21 heavy (non-hydrogen) atoms. The smallest absolute Gasteiger partial charge is 0.330 e. The third kappa shape index (κ3) is 2.91. The Labute approximate surface area is 123 Å². The fourth-order valence-electron chi connectivity index (χ4n) is 3.01. The highest BCUT2D eigenvalue weighted by molar-refractivity contribution is 6.19. The summed E-state index contributed by atoms with van der Waals surface area (Å²) in [6.07, 6.45) is 4.40. The molecule has 1 aliphatic carbocycles. The third-order valence-corrected chi connectivity index (χ3v) is 4.28. The highest BCUT2D eigenvalue weighted by Gasteiger charge is 2.53. The first-order valence-corrected chi connectivity index (χ1v) is 7.25. The standard InChI is InChI=1S/C14H20N2O5/c1-21-10(17)6-9-16-12(19)14(11(18)15-13(16)20)7-4-2-3-5-8-14/h2-9H2,1H3,(H,15,18,20). The minimum atomic E-state index is -1.14. The van der Waals surface area contributed by atoms with E-state index >= 15 is 0 Å². The molecule has 0 aromatic rings. The number of carbonyl (C=O) groups is 4. The Balaban J connectivity index is 2.18. The number of ether oxygens (including phenoxy) is 1. The fraction of sp³-hybridized carbons (Fsp3) is 0.714. The third-order valence-electron chi connectivity index (χ3n) is 4.28. The van der Waals surface area contributed by atoms with Gasteiger partial charge in [-0.2, -0.15) is 0 Å². The highest BCUT2D eigenvalue weighted by atomic mass is 16.5. The van der Waals surface area contributed by atoms with Crippen molar-refractivity contribution in [2.75, 3.05) is 13.7 Å². The average molecular weight is 296 g/mol. The fourth-order valence-corrected chi connectivity index (χ4v) is 3.01. The number of esters is 1. The molecule has 0 aromatic carbocycles. The topological polar surface area (TPSA) is 92.8 Å². The van der Waals surface area contributed by atoms with Gasteiger partial charge in [0.2, 0.25) is 11.8 Å². The second-order valence-electron chi connectivity index (χ2n) is 5.54. The number of nitrogens with zero attached hydrogens (tertiary/aromatic N) is 1. The molecule has 1 heterocycles. The van der Waals surface area contributed by atoms with Gasteiger partial charge in [-0.3, -0.25) is 24.6 Å². The number of amides is 4. The van der Waals surface area contributed by atoms with Crippen molar-refractivity contribution in [1.82, 2.24) is 10.2 Å². The quantitative estimate of drug-likeness (QED) is 0.618. The number of urea groups is 1. The maximum absolute atomic E-state index is 12.7. The van der Waals surface area contributed by atoms with Gasteiger partial charge in [0.1, 0.15) is 5.41 Å². The van der Waals surface area contributed by atoms with E-state index < -0.39 is 29.2 Å². The lowest BCUT2D eigenvalue weighted by Gasteiger charge is -2.38. The number of rotatable bonds is 3. The minimum Gasteiger partial charge on any atom is -0.469 e. The Morgan fingerprint density at radius 2 is 1.81 bits per heavy atom. The Kier molecular flexibility index (Phi) is 4.59. The van der Waals surface area contributed by atoms with Crippen LogP contribution in [0.2, 0.25) is 0 Å². The predicted octanol–water partition coefficient (Wildman–Crippen LogP) is 0.968. The van der Waals surface area contributed by atoms with Gasteiger partial charge in [-0.15, -0.1) is 0 Å². The van der Waals surface area contributed by atoms with Crippen LogP contribution in [-0.2, 0) is 19.1 Å². The molecule has 0 unspecified atom stereocenters. The van der Waals surface area contributed by atoms with Gasteiger partial charge in [-0.1, -0.05) is 25.7 Å². The van der Waals surface area contributed by atoms with Crippen LogP contribution >= 0.6 is 0 Å². The van der Waals surface area contributed by atoms with E-state index in [-0.39, 0.29) is 13.0 Å². The monoisotopic (exact) mass is 296 g/mol. The Morgan fingerprint density at radius 3 is 2.38 bits per heavy atom. The highest BCUT2D eigenvalue weighted by Crippen LogP contribution is 2.39.